The molecule has 0 aliphatic heterocycles. The van der Waals surface area contributed by atoms with E-state index in [4.69, 9.17) is 11.5 Å². The van der Waals surface area contributed by atoms with Crippen LogP contribution in [0.15, 0.2) is 72.9 Å². The second-order valence-electron chi connectivity index (χ2n) is 11.4. The van der Waals surface area contributed by atoms with Crippen LogP contribution in [0.2, 0.25) is 26.2 Å². The maximum absolute atomic E-state index is 8.01. The van der Waals surface area contributed by atoms with E-state index in [1.54, 1.807) is 0 Å². The fraction of sp³-hybridized carbons (Fsp3) is 0.474. The molecule has 0 heterocycles. The number of halogens is 2. The van der Waals surface area contributed by atoms with Gasteiger partial charge in [0, 0.05) is 70.7 Å². The summed E-state index contributed by atoms with van der Waals surface area (Å²) in [5, 5.41) is 0. The second-order valence-corrected chi connectivity index (χ2v) is 13.7. The number of allylic oxidation sites excluding steroid dienone is 8. The summed E-state index contributed by atoms with van der Waals surface area (Å²) in [5.74, 6) is 1.80. The summed E-state index contributed by atoms with van der Waals surface area (Å²) in [7, 11) is 1.50. The standard InChI is InChI=1S/2C12H18N.2C5H5.2C2H7Si.2ClH.2Hf/c2*1-8(2)10-6-5-7-11(9(3)4)12(10)13;2*1-2-4-5-3-1;2*1-3-2;;;;/h2*5-9,13H,1-4H3;2*1-3H,4H2;2*3H,1-2H3;2*1H;;/q4*-1;;;;;;/p-2. The fourth-order valence-corrected chi connectivity index (χ4v) is 3.78. The van der Waals surface area contributed by atoms with Gasteiger partial charge in [0.25, 0.3) is 0 Å². The number of benzene rings is 2. The van der Waals surface area contributed by atoms with Crippen molar-refractivity contribution in [2.75, 3.05) is 0 Å². The zero-order valence-corrected chi connectivity index (χ0v) is 41.6. The molecule has 0 amide bonds. The van der Waals surface area contributed by atoms with Gasteiger partial charge in [0.05, 0.1) is 0 Å². The van der Waals surface area contributed by atoms with E-state index in [0.29, 0.717) is 23.7 Å². The van der Waals surface area contributed by atoms with E-state index in [-0.39, 0.29) is 76.5 Å². The molecule has 0 fully saturated rings. The van der Waals surface area contributed by atoms with Crippen molar-refractivity contribution < 1.29 is 76.5 Å². The Morgan fingerprint density at radius 1 is 0.522 bits per heavy atom. The van der Waals surface area contributed by atoms with Gasteiger partial charge in [0.15, 0.2) is 0 Å². The Balaban J connectivity index is -0.000000112. The second kappa shape index (κ2) is 37.6. The zero-order valence-electron chi connectivity index (χ0n) is 30.6. The van der Waals surface area contributed by atoms with E-state index >= 15 is 0 Å². The smallest absolute Gasteiger partial charge is 0.0213 e. The first-order valence-corrected chi connectivity index (χ1v) is 20.1. The van der Waals surface area contributed by atoms with Gasteiger partial charge in [-0.15, -0.1) is 24.2 Å². The monoisotopic (exact) mass is 1030 g/mol. The summed E-state index contributed by atoms with van der Waals surface area (Å²) in [6, 6.07) is 12.3. The molecule has 0 unspecified atom stereocenters. The molecular weight excluding hydrogens is 968 g/mol. The largest absolute Gasteiger partial charge is 1.00 e. The van der Waals surface area contributed by atoms with E-state index in [9.17, 15) is 0 Å². The molecule has 46 heavy (non-hydrogen) atoms. The third-order valence-electron chi connectivity index (χ3n) is 5.92. The van der Waals surface area contributed by atoms with Crippen molar-refractivity contribution in [2.45, 2.75) is 118 Å². The number of hydrogen-bond donors (Lipinski definition) is 0. The van der Waals surface area contributed by atoms with Crippen molar-refractivity contribution in [2.24, 2.45) is 0 Å². The third-order valence-corrected chi connectivity index (χ3v) is 5.92. The van der Waals surface area contributed by atoms with Crippen molar-refractivity contribution in [3.05, 3.63) is 119 Å². The van der Waals surface area contributed by atoms with Crippen LogP contribution in [0.3, 0.4) is 0 Å². The normalized spacial score (nSPS) is 11.0. The number of hydrogen-bond acceptors (Lipinski definition) is 0. The van der Waals surface area contributed by atoms with Crippen molar-refractivity contribution in [3.8, 4) is 0 Å². The predicted molar refractivity (Wildman–Crippen MR) is 198 cm³/mol. The van der Waals surface area contributed by atoms with Crippen LogP contribution in [0.5, 0.6) is 0 Å². The summed E-state index contributed by atoms with van der Waals surface area (Å²) in [6.07, 6.45) is 20.0. The maximum atomic E-state index is 8.01. The molecule has 2 aliphatic rings. The Labute approximate surface area is 340 Å². The molecule has 0 bridgehead atoms. The van der Waals surface area contributed by atoms with Gasteiger partial charge < -0.3 is 36.3 Å². The van der Waals surface area contributed by atoms with Crippen molar-refractivity contribution in [1.29, 1.82) is 0 Å². The van der Waals surface area contributed by atoms with Gasteiger partial charge >= 0.3 is 0 Å². The molecule has 2 aromatic carbocycles. The average molecular weight is 1030 g/mol. The molecule has 0 atom stereocenters. The van der Waals surface area contributed by atoms with Gasteiger partial charge in [-0.3, -0.25) is 12.2 Å². The molecular formula is C38H60Cl2Hf2N2Si2-6. The van der Waals surface area contributed by atoms with Crippen molar-refractivity contribution in [3.63, 3.8) is 0 Å². The van der Waals surface area contributed by atoms with Crippen LogP contribution >= 0.6 is 0 Å². The molecule has 0 saturated heterocycles. The van der Waals surface area contributed by atoms with Gasteiger partial charge in [0.1, 0.15) is 0 Å². The molecule has 8 heteroatoms. The zero-order chi connectivity index (χ0) is 32.5. The van der Waals surface area contributed by atoms with Crippen LogP contribution in [-0.4, -0.2) is 19.0 Å². The quantitative estimate of drug-likeness (QED) is 0.237. The minimum atomic E-state index is 0. The summed E-state index contributed by atoms with van der Waals surface area (Å²) in [6.45, 7) is 25.9. The van der Waals surface area contributed by atoms with E-state index in [2.05, 4.69) is 142 Å². The Hall–Kier alpha value is -0.246. The van der Waals surface area contributed by atoms with Crippen molar-refractivity contribution in [1.82, 2.24) is 0 Å². The molecule has 2 aromatic rings. The van der Waals surface area contributed by atoms with Crippen molar-refractivity contribution >= 4 is 30.4 Å². The van der Waals surface area contributed by atoms with E-state index in [0.717, 1.165) is 65.5 Å². The van der Waals surface area contributed by atoms with Gasteiger partial charge in [-0.25, -0.2) is 24.3 Å². The van der Waals surface area contributed by atoms with Crippen LogP contribution < -0.4 is 24.8 Å². The van der Waals surface area contributed by atoms with Gasteiger partial charge in [-0.2, -0.15) is 12.2 Å². The minimum Gasteiger partial charge on any atom is -1.00 e. The molecule has 0 aromatic heterocycles. The molecule has 2 nitrogen and oxygen atoms in total. The Morgan fingerprint density at radius 3 is 0.848 bits per heavy atom. The summed E-state index contributed by atoms with van der Waals surface area (Å²) < 4.78 is 0. The fourth-order valence-electron chi connectivity index (χ4n) is 3.78. The van der Waals surface area contributed by atoms with Crippen LogP contribution in [0.4, 0.5) is 11.4 Å². The van der Waals surface area contributed by atoms with E-state index in [1.165, 1.54) is 0 Å². The van der Waals surface area contributed by atoms with E-state index in [1.807, 2.05) is 24.3 Å². The molecule has 2 radical (unpaired) electrons. The number of rotatable bonds is 4. The average Bonchev–Trinajstić information content (AvgIpc) is 3.70. The molecule has 2 aliphatic carbocycles. The van der Waals surface area contributed by atoms with Crippen LogP contribution in [-0.2, 0) is 51.7 Å². The Morgan fingerprint density at radius 2 is 0.739 bits per heavy atom. The van der Waals surface area contributed by atoms with Crippen LogP contribution in [0, 0.1) is 12.2 Å². The first-order chi connectivity index (χ1) is 19.9. The van der Waals surface area contributed by atoms with Crippen LogP contribution in [0.25, 0.3) is 11.5 Å². The molecule has 0 spiro atoms. The SMILES string of the molecule is CC(C)c1cccc(C(C)C)c1[NH-].CC(C)c1cccc(C(C)C)c1[NH-].C[SiH]C.C[SiH]C.[C-]1=CC=CC1.[C-]1=CC=CC1.[Cl-].[Cl-].[Hf].[Hf]. The number of nitrogens with one attached hydrogen (secondary N) is 2. The minimum absolute atomic E-state index is 0. The predicted octanol–water partition coefficient (Wildman–Crippen LogP) is 6.89. The maximum Gasteiger partial charge on any atom is 0.0213 e. The third kappa shape index (κ3) is 27.7. The topological polar surface area (TPSA) is 47.6 Å². The first-order valence-electron chi connectivity index (χ1n) is 15.5. The van der Waals surface area contributed by atoms with E-state index < -0.39 is 0 Å². The summed E-state index contributed by atoms with van der Waals surface area (Å²) >= 11 is 0. The van der Waals surface area contributed by atoms with Gasteiger partial charge in [-0.05, 0) is 23.7 Å². The Kier molecular flexibility index (Phi) is 47.4. The molecule has 258 valence electrons. The van der Waals surface area contributed by atoms with Gasteiger partial charge in [-0.1, -0.05) is 140 Å². The summed E-state index contributed by atoms with van der Waals surface area (Å²) in [5.41, 5.74) is 22.1. The Bertz CT molecular complexity index is 926. The first kappa shape index (κ1) is 58.0. The summed E-state index contributed by atoms with van der Waals surface area (Å²) in [4.78, 5) is 0. The molecule has 0 saturated carbocycles. The molecule has 4 rings (SSSR count). The molecule has 2 N–H and O–H groups in total. The van der Waals surface area contributed by atoms with Crippen LogP contribution in [0.1, 0.15) is 114 Å². The van der Waals surface area contributed by atoms with Gasteiger partial charge in [0.2, 0.25) is 0 Å².